The topological polar surface area (TPSA) is 38.9 Å². The van der Waals surface area contributed by atoms with Gasteiger partial charge in [-0.05, 0) is 18.8 Å². The summed E-state index contributed by atoms with van der Waals surface area (Å²) in [5, 5.41) is 3.43. The van der Waals surface area contributed by atoms with Crippen LogP contribution in [0.4, 0.5) is 0 Å². The molecule has 2 N–H and O–H groups in total. The first-order valence-corrected chi connectivity index (χ1v) is 6.70. The van der Waals surface area contributed by atoms with E-state index in [0.29, 0.717) is 5.92 Å². The predicted octanol–water partition coefficient (Wildman–Crippen LogP) is 3.01. The van der Waals surface area contributed by atoms with E-state index in [4.69, 9.17) is 5.73 Å². The van der Waals surface area contributed by atoms with Crippen molar-refractivity contribution in [1.29, 1.82) is 0 Å². The van der Waals surface area contributed by atoms with Crippen molar-refractivity contribution in [3.63, 3.8) is 0 Å². The largest absolute Gasteiger partial charge is 0.327 e. The lowest BCUT2D eigenvalue weighted by Crippen LogP contribution is -2.28. The molecule has 0 spiro atoms. The molecule has 1 heterocycles. The smallest absolute Gasteiger partial charge is 0.0928 e. The molecular weight excluding hydrogens is 204 g/mol. The average Bonchev–Trinajstić information content (AvgIpc) is 2.62. The highest BCUT2D eigenvalue weighted by Crippen LogP contribution is 2.15. The van der Waals surface area contributed by atoms with Gasteiger partial charge in [-0.3, -0.25) is 0 Å². The first kappa shape index (κ1) is 12.7. The molecular formula is C12H22N2S. The zero-order valence-corrected chi connectivity index (χ0v) is 10.8. The van der Waals surface area contributed by atoms with Crippen molar-refractivity contribution in [2.75, 3.05) is 0 Å². The van der Waals surface area contributed by atoms with Gasteiger partial charge >= 0.3 is 0 Å². The van der Waals surface area contributed by atoms with Gasteiger partial charge < -0.3 is 5.73 Å². The standard InChI is InChI=1S/C12H22N2S/c1-4-5-6-12-14-10(8-15-12)7-11(13)9(2)3/h8-9,11H,4-7,13H2,1-3H3. The van der Waals surface area contributed by atoms with E-state index in [0.717, 1.165) is 12.8 Å². The second kappa shape index (κ2) is 6.23. The third kappa shape index (κ3) is 4.31. The number of nitrogens with two attached hydrogens (primary N) is 1. The molecule has 0 radical (unpaired) electrons. The van der Waals surface area contributed by atoms with Crippen LogP contribution in [0.15, 0.2) is 5.38 Å². The summed E-state index contributed by atoms with van der Waals surface area (Å²) in [6.07, 6.45) is 4.52. The first-order valence-electron chi connectivity index (χ1n) is 5.82. The fourth-order valence-corrected chi connectivity index (χ4v) is 2.22. The molecule has 0 aliphatic heterocycles. The average molecular weight is 226 g/mol. The first-order chi connectivity index (χ1) is 7.13. The van der Waals surface area contributed by atoms with Gasteiger partial charge in [-0.25, -0.2) is 4.98 Å². The molecule has 1 rings (SSSR count). The quantitative estimate of drug-likeness (QED) is 0.810. The Hall–Kier alpha value is -0.410. The molecule has 0 amide bonds. The molecule has 1 unspecified atom stereocenters. The molecule has 1 atom stereocenters. The molecule has 0 saturated carbocycles. The number of aromatic nitrogens is 1. The molecule has 15 heavy (non-hydrogen) atoms. The molecule has 2 nitrogen and oxygen atoms in total. The Labute approximate surface area is 96.9 Å². The van der Waals surface area contributed by atoms with Crippen LogP contribution >= 0.6 is 11.3 Å². The van der Waals surface area contributed by atoms with Crippen LogP contribution < -0.4 is 5.73 Å². The van der Waals surface area contributed by atoms with Crippen molar-refractivity contribution in [2.45, 2.75) is 52.5 Å². The van der Waals surface area contributed by atoms with Gasteiger partial charge in [0, 0.05) is 17.8 Å². The molecule has 3 heteroatoms. The SMILES string of the molecule is CCCCc1nc(CC(N)C(C)C)cs1. The van der Waals surface area contributed by atoms with E-state index in [2.05, 4.69) is 31.1 Å². The normalized spacial score (nSPS) is 13.4. The maximum absolute atomic E-state index is 6.02. The van der Waals surface area contributed by atoms with Crippen LogP contribution in [0.2, 0.25) is 0 Å². The summed E-state index contributed by atoms with van der Waals surface area (Å²) in [5.41, 5.74) is 7.20. The maximum atomic E-state index is 6.02. The lowest BCUT2D eigenvalue weighted by atomic mass is 10.0. The van der Waals surface area contributed by atoms with Crippen molar-refractivity contribution in [3.8, 4) is 0 Å². The number of unbranched alkanes of at least 4 members (excludes halogenated alkanes) is 1. The number of rotatable bonds is 6. The van der Waals surface area contributed by atoms with Crippen molar-refractivity contribution >= 4 is 11.3 Å². The zero-order valence-electron chi connectivity index (χ0n) is 9.99. The highest BCUT2D eigenvalue weighted by molar-refractivity contribution is 7.09. The molecule has 1 aromatic heterocycles. The van der Waals surface area contributed by atoms with Crippen molar-refractivity contribution in [3.05, 3.63) is 16.1 Å². The minimum atomic E-state index is 0.242. The lowest BCUT2D eigenvalue weighted by molar-refractivity contribution is 0.487. The van der Waals surface area contributed by atoms with Gasteiger partial charge in [0.15, 0.2) is 0 Å². The second-order valence-corrected chi connectivity index (χ2v) is 5.39. The zero-order chi connectivity index (χ0) is 11.3. The summed E-state index contributed by atoms with van der Waals surface area (Å²) in [6.45, 7) is 6.53. The van der Waals surface area contributed by atoms with Gasteiger partial charge in [0.25, 0.3) is 0 Å². The molecule has 86 valence electrons. The van der Waals surface area contributed by atoms with Crippen LogP contribution in [-0.2, 0) is 12.8 Å². The van der Waals surface area contributed by atoms with Gasteiger partial charge in [-0.2, -0.15) is 0 Å². The Morgan fingerprint density at radius 3 is 2.80 bits per heavy atom. The Kier molecular flexibility index (Phi) is 5.26. The van der Waals surface area contributed by atoms with Gasteiger partial charge in [-0.1, -0.05) is 27.2 Å². The molecule has 1 aromatic rings. The highest BCUT2D eigenvalue weighted by Gasteiger charge is 2.10. The second-order valence-electron chi connectivity index (χ2n) is 4.45. The summed E-state index contributed by atoms with van der Waals surface area (Å²) in [5.74, 6) is 0.533. The van der Waals surface area contributed by atoms with E-state index in [1.807, 2.05) is 0 Å². The van der Waals surface area contributed by atoms with E-state index in [1.165, 1.54) is 23.5 Å². The number of thiazole rings is 1. The summed E-state index contributed by atoms with van der Waals surface area (Å²) >= 11 is 1.78. The van der Waals surface area contributed by atoms with Crippen LogP contribution in [0.3, 0.4) is 0 Å². The van der Waals surface area contributed by atoms with Crippen LogP contribution in [-0.4, -0.2) is 11.0 Å². The summed E-state index contributed by atoms with van der Waals surface area (Å²) in [7, 11) is 0. The van der Waals surface area contributed by atoms with Gasteiger partial charge in [-0.15, -0.1) is 11.3 Å². The third-order valence-corrected chi connectivity index (χ3v) is 3.60. The van der Waals surface area contributed by atoms with Crippen LogP contribution in [0, 0.1) is 5.92 Å². The summed E-state index contributed by atoms with van der Waals surface area (Å²) < 4.78 is 0. The van der Waals surface area contributed by atoms with Crippen molar-refractivity contribution in [1.82, 2.24) is 4.98 Å². The fourth-order valence-electron chi connectivity index (χ4n) is 1.36. The van der Waals surface area contributed by atoms with Gasteiger partial charge in [0.1, 0.15) is 0 Å². The van der Waals surface area contributed by atoms with E-state index < -0.39 is 0 Å². The molecule has 0 saturated heterocycles. The number of hydrogen-bond acceptors (Lipinski definition) is 3. The fraction of sp³-hybridized carbons (Fsp3) is 0.750. The number of aryl methyl sites for hydroxylation is 1. The van der Waals surface area contributed by atoms with E-state index >= 15 is 0 Å². The Morgan fingerprint density at radius 2 is 2.20 bits per heavy atom. The van der Waals surface area contributed by atoms with Gasteiger partial charge in [0.05, 0.1) is 10.7 Å². The van der Waals surface area contributed by atoms with E-state index in [1.54, 1.807) is 11.3 Å². The lowest BCUT2D eigenvalue weighted by Gasteiger charge is -2.13. The maximum Gasteiger partial charge on any atom is 0.0928 e. The Balaban J connectivity index is 2.45. The van der Waals surface area contributed by atoms with Crippen LogP contribution in [0.25, 0.3) is 0 Å². The molecule has 0 bridgehead atoms. The highest BCUT2D eigenvalue weighted by atomic mass is 32.1. The van der Waals surface area contributed by atoms with Crippen molar-refractivity contribution in [2.24, 2.45) is 11.7 Å². The predicted molar refractivity (Wildman–Crippen MR) is 67.2 cm³/mol. The third-order valence-electron chi connectivity index (χ3n) is 2.64. The van der Waals surface area contributed by atoms with E-state index in [9.17, 15) is 0 Å². The Bertz CT molecular complexity index is 281. The van der Waals surface area contributed by atoms with Gasteiger partial charge in [0.2, 0.25) is 0 Å². The number of nitrogens with zero attached hydrogens (tertiary/aromatic N) is 1. The Morgan fingerprint density at radius 1 is 1.47 bits per heavy atom. The molecule has 0 aliphatic rings. The minimum Gasteiger partial charge on any atom is -0.327 e. The minimum absolute atomic E-state index is 0.242. The van der Waals surface area contributed by atoms with Crippen LogP contribution in [0.5, 0.6) is 0 Å². The molecule has 0 fully saturated rings. The summed E-state index contributed by atoms with van der Waals surface area (Å²) in [4.78, 5) is 4.61. The molecule has 0 aliphatic carbocycles. The number of hydrogen-bond donors (Lipinski definition) is 1. The monoisotopic (exact) mass is 226 g/mol. The molecule has 0 aromatic carbocycles. The van der Waals surface area contributed by atoms with Crippen molar-refractivity contribution < 1.29 is 0 Å². The van der Waals surface area contributed by atoms with Crippen LogP contribution in [0.1, 0.15) is 44.3 Å². The van der Waals surface area contributed by atoms with E-state index in [-0.39, 0.29) is 6.04 Å². The summed E-state index contributed by atoms with van der Waals surface area (Å²) in [6, 6.07) is 0.242.